The van der Waals surface area contributed by atoms with Gasteiger partial charge in [-0.25, -0.2) is 4.79 Å². The summed E-state index contributed by atoms with van der Waals surface area (Å²) in [6, 6.07) is 13.9. The maximum absolute atomic E-state index is 13.0. The third kappa shape index (κ3) is 5.63. The van der Waals surface area contributed by atoms with Crippen LogP contribution >= 0.6 is 15.9 Å². The Bertz CT molecular complexity index is 1300. The molecule has 1 fully saturated rings. The van der Waals surface area contributed by atoms with Gasteiger partial charge in [-0.05, 0) is 71.2 Å². The Morgan fingerprint density at radius 1 is 1.09 bits per heavy atom. The monoisotopic (exact) mass is 538 g/mol. The molecule has 1 aliphatic heterocycles. The SMILES string of the molecule is CCOc1cc(/C=C2\C(=O)NC(=O)N(Cc3ccco3)C2=O)cc(Br)c1OCc1cccc(C)c1. The standard InChI is InChI=1S/C26H23BrN2O6/c1-3-33-22-13-18(12-21(27)23(22)35-15-17-7-4-6-16(2)10-17)11-20-24(30)28-26(32)29(25(20)31)14-19-8-5-9-34-19/h4-13H,3,14-15H2,1-2H3,(H,28,30,32)/b20-11+. The topological polar surface area (TPSA) is 98.1 Å². The van der Waals surface area contributed by atoms with Gasteiger partial charge in [0.05, 0.1) is 23.9 Å². The first-order valence-electron chi connectivity index (χ1n) is 10.9. The lowest BCUT2D eigenvalue weighted by atomic mass is 10.1. The number of ether oxygens (including phenoxy) is 2. The molecule has 0 aliphatic carbocycles. The van der Waals surface area contributed by atoms with E-state index in [0.29, 0.717) is 40.5 Å². The molecule has 3 aromatic rings. The van der Waals surface area contributed by atoms with Crippen molar-refractivity contribution in [3.05, 3.63) is 87.3 Å². The number of amides is 4. The lowest BCUT2D eigenvalue weighted by Gasteiger charge is -2.25. The van der Waals surface area contributed by atoms with Crippen LogP contribution in [0.2, 0.25) is 0 Å². The molecule has 1 N–H and O–H groups in total. The molecule has 0 atom stereocenters. The predicted molar refractivity (Wildman–Crippen MR) is 132 cm³/mol. The van der Waals surface area contributed by atoms with E-state index in [1.165, 1.54) is 12.3 Å². The Balaban J connectivity index is 1.61. The van der Waals surface area contributed by atoms with E-state index in [0.717, 1.165) is 16.0 Å². The molecule has 180 valence electrons. The highest BCUT2D eigenvalue weighted by molar-refractivity contribution is 9.10. The number of carbonyl (C=O) groups excluding carboxylic acids is 3. The summed E-state index contributed by atoms with van der Waals surface area (Å²) >= 11 is 3.52. The van der Waals surface area contributed by atoms with E-state index >= 15 is 0 Å². The van der Waals surface area contributed by atoms with Gasteiger partial charge in [0.2, 0.25) is 0 Å². The highest BCUT2D eigenvalue weighted by atomic mass is 79.9. The normalized spacial score (nSPS) is 14.9. The molecule has 0 saturated carbocycles. The zero-order valence-corrected chi connectivity index (χ0v) is 20.8. The molecule has 2 heterocycles. The van der Waals surface area contributed by atoms with Gasteiger partial charge in [-0.15, -0.1) is 0 Å². The van der Waals surface area contributed by atoms with E-state index in [1.807, 2.05) is 38.1 Å². The second-order valence-corrected chi connectivity index (χ2v) is 8.68. The van der Waals surface area contributed by atoms with Gasteiger partial charge in [0.15, 0.2) is 11.5 Å². The number of nitrogens with one attached hydrogen (secondary N) is 1. The average Bonchev–Trinajstić information content (AvgIpc) is 3.32. The molecular weight excluding hydrogens is 516 g/mol. The number of imide groups is 2. The number of rotatable bonds is 8. The first kappa shape index (κ1) is 24.3. The van der Waals surface area contributed by atoms with Crippen molar-refractivity contribution in [2.24, 2.45) is 0 Å². The van der Waals surface area contributed by atoms with Crippen molar-refractivity contribution >= 4 is 39.9 Å². The van der Waals surface area contributed by atoms with E-state index in [1.54, 1.807) is 24.3 Å². The summed E-state index contributed by atoms with van der Waals surface area (Å²) in [5, 5.41) is 2.20. The van der Waals surface area contributed by atoms with Crippen LogP contribution in [0.5, 0.6) is 11.5 Å². The number of benzene rings is 2. The van der Waals surface area contributed by atoms with Crippen LogP contribution in [0.25, 0.3) is 6.08 Å². The van der Waals surface area contributed by atoms with Gasteiger partial charge in [0, 0.05) is 0 Å². The predicted octanol–water partition coefficient (Wildman–Crippen LogP) is 4.99. The minimum absolute atomic E-state index is 0.0953. The fourth-order valence-electron chi connectivity index (χ4n) is 3.59. The molecule has 2 aromatic carbocycles. The quantitative estimate of drug-likeness (QED) is 0.320. The molecule has 0 spiro atoms. The van der Waals surface area contributed by atoms with Crippen molar-refractivity contribution in [3.8, 4) is 11.5 Å². The fraction of sp³-hybridized carbons (Fsp3) is 0.192. The lowest BCUT2D eigenvalue weighted by molar-refractivity contribution is -0.130. The van der Waals surface area contributed by atoms with Crippen molar-refractivity contribution in [2.75, 3.05) is 6.61 Å². The first-order valence-corrected chi connectivity index (χ1v) is 11.7. The zero-order valence-electron chi connectivity index (χ0n) is 19.2. The maximum atomic E-state index is 13.0. The molecular formula is C26H23BrN2O6. The molecule has 9 heteroatoms. The van der Waals surface area contributed by atoms with E-state index in [2.05, 4.69) is 21.2 Å². The Labute approximate surface area is 210 Å². The zero-order chi connectivity index (χ0) is 24.9. The Morgan fingerprint density at radius 2 is 1.91 bits per heavy atom. The van der Waals surface area contributed by atoms with Gasteiger partial charge in [-0.3, -0.25) is 19.8 Å². The number of furan rings is 1. The van der Waals surface area contributed by atoms with Crippen molar-refractivity contribution in [2.45, 2.75) is 27.0 Å². The third-order valence-electron chi connectivity index (χ3n) is 5.19. The number of hydrogen-bond acceptors (Lipinski definition) is 6. The van der Waals surface area contributed by atoms with Gasteiger partial charge in [0.1, 0.15) is 17.9 Å². The number of barbiturate groups is 1. The molecule has 0 radical (unpaired) electrons. The molecule has 8 nitrogen and oxygen atoms in total. The second kappa shape index (κ2) is 10.6. The summed E-state index contributed by atoms with van der Waals surface area (Å²) in [5.41, 5.74) is 2.48. The van der Waals surface area contributed by atoms with Crippen LogP contribution in [0.4, 0.5) is 4.79 Å². The van der Waals surface area contributed by atoms with Crippen LogP contribution in [-0.2, 0) is 22.7 Å². The summed E-state index contributed by atoms with van der Waals surface area (Å²) in [5.74, 6) is -0.120. The summed E-state index contributed by atoms with van der Waals surface area (Å²) < 4.78 is 17.6. The van der Waals surface area contributed by atoms with Gasteiger partial charge >= 0.3 is 6.03 Å². The number of carbonyl (C=O) groups is 3. The summed E-state index contributed by atoms with van der Waals surface area (Å²) in [6.07, 6.45) is 2.86. The molecule has 1 saturated heterocycles. The molecule has 0 bridgehead atoms. The number of urea groups is 1. The minimum atomic E-state index is -0.801. The van der Waals surface area contributed by atoms with Crippen LogP contribution in [0.15, 0.2) is 69.3 Å². The van der Waals surface area contributed by atoms with Crippen LogP contribution in [0.1, 0.15) is 29.4 Å². The highest BCUT2D eigenvalue weighted by Gasteiger charge is 2.36. The average molecular weight is 539 g/mol. The highest BCUT2D eigenvalue weighted by Crippen LogP contribution is 2.38. The van der Waals surface area contributed by atoms with E-state index in [-0.39, 0.29) is 12.1 Å². The Hall–Kier alpha value is -3.85. The molecule has 35 heavy (non-hydrogen) atoms. The van der Waals surface area contributed by atoms with Crippen molar-refractivity contribution in [1.29, 1.82) is 0 Å². The van der Waals surface area contributed by atoms with Crippen LogP contribution < -0.4 is 14.8 Å². The van der Waals surface area contributed by atoms with Gasteiger partial charge in [-0.1, -0.05) is 29.8 Å². The second-order valence-electron chi connectivity index (χ2n) is 7.83. The van der Waals surface area contributed by atoms with Crippen LogP contribution in [-0.4, -0.2) is 29.4 Å². The van der Waals surface area contributed by atoms with Gasteiger partial charge in [-0.2, -0.15) is 0 Å². The first-order chi connectivity index (χ1) is 16.9. The number of nitrogens with zero attached hydrogens (tertiary/aromatic N) is 1. The number of hydrogen-bond donors (Lipinski definition) is 1. The Kier molecular flexibility index (Phi) is 7.36. The van der Waals surface area contributed by atoms with Crippen molar-refractivity contribution in [1.82, 2.24) is 10.2 Å². The van der Waals surface area contributed by atoms with E-state index < -0.39 is 17.8 Å². The summed E-state index contributed by atoms with van der Waals surface area (Å²) in [7, 11) is 0. The number of aryl methyl sites for hydroxylation is 1. The van der Waals surface area contributed by atoms with Crippen molar-refractivity contribution < 1.29 is 28.3 Å². The van der Waals surface area contributed by atoms with Crippen LogP contribution in [0.3, 0.4) is 0 Å². The largest absolute Gasteiger partial charge is 0.490 e. The summed E-state index contributed by atoms with van der Waals surface area (Å²) in [4.78, 5) is 38.6. The van der Waals surface area contributed by atoms with Crippen LogP contribution in [0, 0.1) is 6.92 Å². The fourth-order valence-corrected chi connectivity index (χ4v) is 4.17. The molecule has 4 rings (SSSR count). The molecule has 1 aliphatic rings. The van der Waals surface area contributed by atoms with Gasteiger partial charge < -0.3 is 13.9 Å². The lowest BCUT2D eigenvalue weighted by Crippen LogP contribution is -2.53. The number of halogens is 1. The van der Waals surface area contributed by atoms with Gasteiger partial charge in [0.25, 0.3) is 11.8 Å². The summed E-state index contributed by atoms with van der Waals surface area (Å²) in [6.45, 7) is 4.49. The molecule has 1 aromatic heterocycles. The van der Waals surface area contributed by atoms with E-state index in [4.69, 9.17) is 13.9 Å². The minimum Gasteiger partial charge on any atom is -0.490 e. The Morgan fingerprint density at radius 3 is 2.63 bits per heavy atom. The third-order valence-corrected chi connectivity index (χ3v) is 5.78. The molecule has 4 amide bonds. The maximum Gasteiger partial charge on any atom is 0.331 e. The van der Waals surface area contributed by atoms with E-state index in [9.17, 15) is 14.4 Å². The van der Waals surface area contributed by atoms with Crippen molar-refractivity contribution in [3.63, 3.8) is 0 Å². The smallest absolute Gasteiger partial charge is 0.331 e. The molecule has 0 unspecified atom stereocenters.